The van der Waals surface area contributed by atoms with Crippen molar-refractivity contribution in [2.45, 2.75) is 32.6 Å². The van der Waals surface area contributed by atoms with Crippen molar-refractivity contribution in [1.29, 1.82) is 0 Å². The van der Waals surface area contributed by atoms with E-state index in [0.717, 1.165) is 31.7 Å². The summed E-state index contributed by atoms with van der Waals surface area (Å²) in [6, 6.07) is 8.18. The second-order valence-corrected chi connectivity index (χ2v) is 5.15. The molecule has 1 unspecified atom stereocenters. The van der Waals surface area contributed by atoms with Gasteiger partial charge in [-0.3, -0.25) is 4.79 Å². The van der Waals surface area contributed by atoms with Crippen LogP contribution in [-0.2, 0) is 0 Å². The highest BCUT2D eigenvalue weighted by molar-refractivity contribution is 5.94. The standard InChI is InChI=1S/C16H24N2O.ClH/c1-3-18(4-2)16(19)14-8-5-7-13(11-14)15-9-6-10-17-12-15;/h5,7-8,11,15,17H,3-4,6,9-10,12H2,1-2H3;1H. The lowest BCUT2D eigenvalue weighted by Gasteiger charge is -2.24. The van der Waals surface area contributed by atoms with Gasteiger partial charge in [0.1, 0.15) is 0 Å². The molecule has 1 aliphatic heterocycles. The molecule has 1 fully saturated rings. The fourth-order valence-corrected chi connectivity index (χ4v) is 2.76. The highest BCUT2D eigenvalue weighted by Crippen LogP contribution is 2.24. The molecular formula is C16H25ClN2O. The van der Waals surface area contributed by atoms with Gasteiger partial charge < -0.3 is 10.2 Å². The predicted molar refractivity (Wildman–Crippen MR) is 85.8 cm³/mol. The molecule has 1 N–H and O–H groups in total. The molecule has 0 radical (unpaired) electrons. The Hall–Kier alpha value is -1.06. The minimum atomic E-state index is 0. The second-order valence-electron chi connectivity index (χ2n) is 5.15. The molecule has 0 saturated carbocycles. The SMILES string of the molecule is CCN(CC)C(=O)c1cccc(C2CCCNC2)c1.Cl. The summed E-state index contributed by atoms with van der Waals surface area (Å²) in [4.78, 5) is 14.2. The number of amides is 1. The number of hydrogen-bond donors (Lipinski definition) is 1. The number of rotatable bonds is 4. The maximum absolute atomic E-state index is 12.4. The average Bonchev–Trinajstić information content (AvgIpc) is 2.49. The molecule has 1 saturated heterocycles. The zero-order valence-corrected chi connectivity index (χ0v) is 13.2. The van der Waals surface area contributed by atoms with E-state index < -0.39 is 0 Å². The van der Waals surface area contributed by atoms with Gasteiger partial charge in [-0.25, -0.2) is 0 Å². The number of piperidine rings is 1. The number of carbonyl (C=O) groups excluding carboxylic acids is 1. The van der Waals surface area contributed by atoms with Gasteiger partial charge in [0.2, 0.25) is 0 Å². The van der Waals surface area contributed by atoms with Crippen LogP contribution in [0.1, 0.15) is 48.5 Å². The van der Waals surface area contributed by atoms with Crippen molar-refractivity contribution in [2.75, 3.05) is 26.2 Å². The first-order valence-corrected chi connectivity index (χ1v) is 7.36. The van der Waals surface area contributed by atoms with Crippen molar-refractivity contribution in [2.24, 2.45) is 0 Å². The predicted octanol–water partition coefficient (Wildman–Crippen LogP) is 3.06. The molecule has 1 atom stereocenters. The number of carbonyl (C=O) groups is 1. The van der Waals surface area contributed by atoms with E-state index in [9.17, 15) is 4.79 Å². The van der Waals surface area contributed by atoms with E-state index >= 15 is 0 Å². The maximum atomic E-state index is 12.4. The smallest absolute Gasteiger partial charge is 0.253 e. The van der Waals surface area contributed by atoms with E-state index in [1.54, 1.807) is 0 Å². The van der Waals surface area contributed by atoms with Gasteiger partial charge in [0.15, 0.2) is 0 Å². The molecule has 3 nitrogen and oxygen atoms in total. The third-order valence-corrected chi connectivity index (χ3v) is 3.95. The van der Waals surface area contributed by atoms with Crippen LogP contribution in [0.5, 0.6) is 0 Å². The van der Waals surface area contributed by atoms with Crippen molar-refractivity contribution in [3.8, 4) is 0 Å². The molecule has 112 valence electrons. The summed E-state index contributed by atoms with van der Waals surface area (Å²) in [6.07, 6.45) is 2.44. The van der Waals surface area contributed by atoms with Crippen LogP contribution < -0.4 is 5.32 Å². The summed E-state index contributed by atoms with van der Waals surface area (Å²) >= 11 is 0. The number of hydrogen-bond acceptors (Lipinski definition) is 2. The van der Waals surface area contributed by atoms with E-state index in [-0.39, 0.29) is 18.3 Å². The second kappa shape index (κ2) is 8.28. The summed E-state index contributed by atoms with van der Waals surface area (Å²) < 4.78 is 0. The van der Waals surface area contributed by atoms with Gasteiger partial charge >= 0.3 is 0 Å². The summed E-state index contributed by atoms with van der Waals surface area (Å²) in [6.45, 7) is 7.74. The highest BCUT2D eigenvalue weighted by Gasteiger charge is 2.18. The van der Waals surface area contributed by atoms with E-state index in [0.29, 0.717) is 5.92 Å². The Morgan fingerprint density at radius 3 is 2.70 bits per heavy atom. The number of benzene rings is 1. The molecule has 0 bridgehead atoms. The van der Waals surface area contributed by atoms with Gasteiger partial charge in [-0.1, -0.05) is 12.1 Å². The molecule has 1 heterocycles. The Morgan fingerprint density at radius 1 is 1.35 bits per heavy atom. The minimum Gasteiger partial charge on any atom is -0.339 e. The van der Waals surface area contributed by atoms with Crippen LogP contribution in [0.15, 0.2) is 24.3 Å². The molecule has 0 spiro atoms. The Balaban J connectivity index is 0.00000200. The Morgan fingerprint density at radius 2 is 2.10 bits per heavy atom. The van der Waals surface area contributed by atoms with Crippen LogP contribution >= 0.6 is 12.4 Å². The van der Waals surface area contributed by atoms with Gasteiger partial charge in [0.05, 0.1) is 0 Å². The van der Waals surface area contributed by atoms with Gasteiger partial charge in [0, 0.05) is 25.2 Å². The molecule has 1 aromatic rings. The normalized spacial score (nSPS) is 18.2. The van der Waals surface area contributed by atoms with Gasteiger partial charge in [-0.05, 0) is 56.8 Å². The molecule has 1 amide bonds. The summed E-state index contributed by atoms with van der Waals surface area (Å²) in [5.74, 6) is 0.703. The van der Waals surface area contributed by atoms with Crippen molar-refractivity contribution >= 4 is 18.3 Å². The fraction of sp³-hybridized carbons (Fsp3) is 0.562. The summed E-state index contributed by atoms with van der Waals surface area (Å²) in [7, 11) is 0. The molecule has 0 aromatic heterocycles. The van der Waals surface area contributed by atoms with Crippen LogP contribution in [-0.4, -0.2) is 37.0 Å². The Labute approximate surface area is 128 Å². The molecule has 1 aliphatic rings. The van der Waals surface area contributed by atoms with Crippen molar-refractivity contribution in [1.82, 2.24) is 10.2 Å². The maximum Gasteiger partial charge on any atom is 0.253 e. The Bertz CT molecular complexity index is 426. The molecular weight excluding hydrogens is 272 g/mol. The van der Waals surface area contributed by atoms with E-state index in [1.165, 1.54) is 18.4 Å². The monoisotopic (exact) mass is 296 g/mol. The zero-order valence-electron chi connectivity index (χ0n) is 12.4. The first-order chi connectivity index (χ1) is 9.26. The molecule has 4 heteroatoms. The topological polar surface area (TPSA) is 32.3 Å². The van der Waals surface area contributed by atoms with Crippen molar-refractivity contribution in [3.63, 3.8) is 0 Å². The first kappa shape index (κ1) is 17.0. The molecule has 20 heavy (non-hydrogen) atoms. The average molecular weight is 297 g/mol. The third-order valence-electron chi connectivity index (χ3n) is 3.95. The largest absolute Gasteiger partial charge is 0.339 e. The lowest BCUT2D eigenvalue weighted by molar-refractivity contribution is 0.0773. The van der Waals surface area contributed by atoms with Gasteiger partial charge in [-0.2, -0.15) is 0 Å². The zero-order chi connectivity index (χ0) is 13.7. The van der Waals surface area contributed by atoms with Gasteiger partial charge in [-0.15, -0.1) is 12.4 Å². The van der Waals surface area contributed by atoms with Crippen molar-refractivity contribution < 1.29 is 4.79 Å². The lowest BCUT2D eigenvalue weighted by atomic mass is 9.90. The molecule has 1 aromatic carbocycles. The van der Waals surface area contributed by atoms with E-state index in [2.05, 4.69) is 17.4 Å². The molecule has 2 rings (SSSR count). The third kappa shape index (κ3) is 3.97. The summed E-state index contributed by atoms with van der Waals surface area (Å²) in [5.41, 5.74) is 2.12. The van der Waals surface area contributed by atoms with Crippen LogP contribution in [0, 0.1) is 0 Å². The number of nitrogens with zero attached hydrogens (tertiary/aromatic N) is 1. The van der Waals surface area contributed by atoms with Crippen LogP contribution in [0.3, 0.4) is 0 Å². The number of nitrogens with one attached hydrogen (secondary N) is 1. The van der Waals surface area contributed by atoms with Gasteiger partial charge in [0.25, 0.3) is 5.91 Å². The van der Waals surface area contributed by atoms with Crippen LogP contribution in [0.4, 0.5) is 0 Å². The van der Waals surface area contributed by atoms with Crippen LogP contribution in [0.2, 0.25) is 0 Å². The number of halogens is 1. The minimum absolute atomic E-state index is 0. The Kier molecular flexibility index (Phi) is 7.03. The van der Waals surface area contributed by atoms with E-state index in [1.807, 2.05) is 30.9 Å². The summed E-state index contributed by atoms with van der Waals surface area (Å²) in [5, 5.41) is 3.43. The lowest BCUT2D eigenvalue weighted by Crippen LogP contribution is -2.31. The van der Waals surface area contributed by atoms with Crippen molar-refractivity contribution in [3.05, 3.63) is 35.4 Å². The highest BCUT2D eigenvalue weighted by atomic mass is 35.5. The van der Waals surface area contributed by atoms with Crippen LogP contribution in [0.25, 0.3) is 0 Å². The first-order valence-electron chi connectivity index (χ1n) is 7.36. The molecule has 0 aliphatic carbocycles. The quantitative estimate of drug-likeness (QED) is 0.926. The fourth-order valence-electron chi connectivity index (χ4n) is 2.76. The van der Waals surface area contributed by atoms with E-state index in [4.69, 9.17) is 0 Å².